The molecule has 1 amide bonds. The molecule has 0 saturated heterocycles. The quantitative estimate of drug-likeness (QED) is 0.848. The Labute approximate surface area is 126 Å². The molecule has 0 radical (unpaired) electrons. The maximum absolute atomic E-state index is 12.5. The molecular weight excluding hydrogens is 303 g/mol. The zero-order valence-electron chi connectivity index (χ0n) is 11.6. The number of nitrogens with two attached hydrogens (primary N) is 1. The minimum absolute atomic E-state index is 0.0420. The lowest BCUT2D eigenvalue weighted by atomic mass is 10.2. The summed E-state index contributed by atoms with van der Waals surface area (Å²) in [6.07, 6.45) is -3.47. The Balaban J connectivity index is 2.91. The predicted molar refractivity (Wildman–Crippen MR) is 76.8 cm³/mol. The highest BCUT2D eigenvalue weighted by atomic mass is 32.1. The van der Waals surface area contributed by atoms with E-state index in [0.29, 0.717) is 19.2 Å². The summed E-state index contributed by atoms with van der Waals surface area (Å²) in [6, 6.07) is 1.77. The van der Waals surface area contributed by atoms with Gasteiger partial charge in [0.05, 0.1) is 10.6 Å². The lowest BCUT2D eigenvalue weighted by Gasteiger charge is -2.26. The largest absolute Gasteiger partial charge is 0.417 e. The average molecular weight is 319 g/mol. The van der Waals surface area contributed by atoms with Gasteiger partial charge in [-0.05, 0) is 26.0 Å². The standard InChI is InChI=1S/C13H16F3N3OS/c1-8(2)19(6-5-11(17)21)12(20)10-4-3-9(7-18-10)13(14,15)16/h3-4,7-8H,5-6H2,1-2H3,(H2,17,21). The molecule has 2 N–H and O–H groups in total. The third-order valence-electron chi connectivity index (χ3n) is 2.79. The van der Waals surface area contributed by atoms with Gasteiger partial charge in [0, 0.05) is 25.2 Å². The summed E-state index contributed by atoms with van der Waals surface area (Å²) < 4.78 is 37.4. The maximum atomic E-state index is 12.5. The van der Waals surface area contributed by atoms with E-state index in [4.69, 9.17) is 18.0 Å². The van der Waals surface area contributed by atoms with E-state index in [-0.39, 0.29) is 16.7 Å². The summed E-state index contributed by atoms with van der Waals surface area (Å²) >= 11 is 4.76. The van der Waals surface area contributed by atoms with Gasteiger partial charge >= 0.3 is 6.18 Å². The molecule has 0 saturated carbocycles. The van der Waals surface area contributed by atoms with Crippen LogP contribution in [0.2, 0.25) is 0 Å². The van der Waals surface area contributed by atoms with Crippen LogP contribution in [0.4, 0.5) is 13.2 Å². The summed E-state index contributed by atoms with van der Waals surface area (Å²) in [6.45, 7) is 3.89. The predicted octanol–water partition coefficient (Wildman–Crippen LogP) is 2.63. The van der Waals surface area contributed by atoms with Gasteiger partial charge in [0.15, 0.2) is 0 Å². The van der Waals surface area contributed by atoms with E-state index in [0.717, 1.165) is 12.1 Å². The van der Waals surface area contributed by atoms with E-state index < -0.39 is 17.6 Å². The first-order valence-electron chi connectivity index (χ1n) is 6.25. The van der Waals surface area contributed by atoms with Crippen LogP contribution in [-0.4, -0.2) is 33.4 Å². The second kappa shape index (κ2) is 6.84. The van der Waals surface area contributed by atoms with Crippen molar-refractivity contribution in [2.24, 2.45) is 5.73 Å². The van der Waals surface area contributed by atoms with E-state index in [9.17, 15) is 18.0 Å². The van der Waals surface area contributed by atoms with Crippen molar-refractivity contribution in [3.63, 3.8) is 0 Å². The Kier molecular flexibility index (Phi) is 5.65. The first kappa shape index (κ1) is 17.4. The topological polar surface area (TPSA) is 59.2 Å². The van der Waals surface area contributed by atoms with Gasteiger partial charge in [-0.3, -0.25) is 9.78 Å². The molecule has 1 aromatic heterocycles. The molecule has 0 bridgehead atoms. The molecule has 0 unspecified atom stereocenters. The smallest absolute Gasteiger partial charge is 0.393 e. The Morgan fingerprint density at radius 1 is 1.43 bits per heavy atom. The highest BCUT2D eigenvalue weighted by molar-refractivity contribution is 7.80. The van der Waals surface area contributed by atoms with Gasteiger partial charge in [-0.1, -0.05) is 12.2 Å². The Morgan fingerprint density at radius 3 is 2.43 bits per heavy atom. The summed E-state index contributed by atoms with van der Waals surface area (Å²) in [5.74, 6) is -0.449. The molecule has 0 aliphatic carbocycles. The summed E-state index contributed by atoms with van der Waals surface area (Å²) in [5.41, 5.74) is 4.47. The van der Waals surface area contributed by atoms with Crippen molar-refractivity contribution in [1.82, 2.24) is 9.88 Å². The summed E-state index contributed by atoms with van der Waals surface area (Å²) in [7, 11) is 0. The van der Waals surface area contributed by atoms with Crippen molar-refractivity contribution < 1.29 is 18.0 Å². The number of nitrogens with zero attached hydrogens (tertiary/aromatic N) is 2. The molecule has 1 heterocycles. The molecule has 0 atom stereocenters. The number of hydrogen-bond acceptors (Lipinski definition) is 3. The first-order chi connectivity index (χ1) is 9.62. The van der Waals surface area contributed by atoms with Gasteiger partial charge in [0.1, 0.15) is 5.69 Å². The Bertz CT molecular complexity index is 514. The van der Waals surface area contributed by atoms with E-state index in [1.165, 1.54) is 4.90 Å². The molecule has 4 nitrogen and oxygen atoms in total. The van der Waals surface area contributed by atoms with Crippen LogP contribution >= 0.6 is 12.2 Å². The number of pyridine rings is 1. The second-order valence-corrected chi connectivity index (χ2v) is 5.26. The van der Waals surface area contributed by atoms with Crippen LogP contribution in [-0.2, 0) is 6.18 Å². The van der Waals surface area contributed by atoms with Crippen LogP contribution in [0.5, 0.6) is 0 Å². The normalized spacial score (nSPS) is 11.5. The third kappa shape index (κ3) is 4.96. The second-order valence-electron chi connectivity index (χ2n) is 4.74. The minimum Gasteiger partial charge on any atom is -0.393 e. The van der Waals surface area contributed by atoms with Crippen molar-refractivity contribution in [3.05, 3.63) is 29.6 Å². The molecule has 21 heavy (non-hydrogen) atoms. The average Bonchev–Trinajstić information content (AvgIpc) is 2.37. The summed E-state index contributed by atoms with van der Waals surface area (Å²) in [4.78, 5) is 17.6. The van der Waals surface area contributed by atoms with Crippen molar-refractivity contribution in [2.45, 2.75) is 32.5 Å². The van der Waals surface area contributed by atoms with Crippen LogP contribution in [0.15, 0.2) is 18.3 Å². The van der Waals surface area contributed by atoms with Crippen LogP contribution in [0, 0.1) is 0 Å². The molecule has 0 fully saturated rings. The fourth-order valence-corrected chi connectivity index (χ4v) is 1.75. The number of aromatic nitrogens is 1. The highest BCUT2D eigenvalue weighted by Crippen LogP contribution is 2.28. The third-order valence-corrected chi connectivity index (χ3v) is 3.00. The molecule has 8 heteroatoms. The number of hydrogen-bond donors (Lipinski definition) is 1. The van der Waals surface area contributed by atoms with Gasteiger partial charge in [-0.15, -0.1) is 0 Å². The van der Waals surface area contributed by atoms with Crippen LogP contribution in [0.1, 0.15) is 36.3 Å². The molecule has 116 valence electrons. The van der Waals surface area contributed by atoms with Crippen LogP contribution in [0.3, 0.4) is 0 Å². The lowest BCUT2D eigenvalue weighted by molar-refractivity contribution is -0.137. The number of halogens is 3. The van der Waals surface area contributed by atoms with Gasteiger partial charge in [0.2, 0.25) is 0 Å². The number of carbonyl (C=O) groups excluding carboxylic acids is 1. The molecule has 1 rings (SSSR count). The van der Waals surface area contributed by atoms with Gasteiger partial charge in [-0.25, -0.2) is 0 Å². The maximum Gasteiger partial charge on any atom is 0.417 e. The zero-order valence-corrected chi connectivity index (χ0v) is 12.5. The van der Waals surface area contributed by atoms with Gasteiger partial charge in [0.25, 0.3) is 5.91 Å². The van der Waals surface area contributed by atoms with E-state index >= 15 is 0 Å². The van der Waals surface area contributed by atoms with Crippen molar-refractivity contribution in [2.75, 3.05) is 6.54 Å². The number of thiocarbonyl (C=S) groups is 1. The minimum atomic E-state index is -4.47. The molecule has 0 aliphatic heterocycles. The summed E-state index contributed by atoms with van der Waals surface area (Å²) in [5, 5.41) is 0. The fourth-order valence-electron chi connectivity index (χ4n) is 1.66. The molecule has 0 aliphatic rings. The van der Waals surface area contributed by atoms with Crippen molar-refractivity contribution in [1.29, 1.82) is 0 Å². The Morgan fingerprint density at radius 2 is 2.05 bits per heavy atom. The van der Waals surface area contributed by atoms with Crippen molar-refractivity contribution >= 4 is 23.1 Å². The van der Waals surface area contributed by atoms with E-state index in [1.807, 2.05) is 0 Å². The van der Waals surface area contributed by atoms with E-state index in [2.05, 4.69) is 4.98 Å². The van der Waals surface area contributed by atoms with E-state index in [1.54, 1.807) is 13.8 Å². The molecule has 1 aromatic rings. The lowest BCUT2D eigenvalue weighted by Crippen LogP contribution is -2.39. The SMILES string of the molecule is CC(C)N(CCC(N)=S)C(=O)c1ccc(C(F)(F)F)cn1. The van der Waals surface area contributed by atoms with Gasteiger partial charge < -0.3 is 10.6 Å². The zero-order chi connectivity index (χ0) is 16.2. The number of alkyl halides is 3. The Hall–Kier alpha value is -1.70. The highest BCUT2D eigenvalue weighted by Gasteiger charge is 2.31. The van der Waals surface area contributed by atoms with Crippen molar-refractivity contribution in [3.8, 4) is 0 Å². The van der Waals surface area contributed by atoms with Gasteiger partial charge in [-0.2, -0.15) is 13.2 Å². The number of rotatable bonds is 5. The number of carbonyl (C=O) groups is 1. The fraction of sp³-hybridized carbons (Fsp3) is 0.462. The molecule has 0 spiro atoms. The molecular formula is C13H16F3N3OS. The first-order valence-corrected chi connectivity index (χ1v) is 6.66. The molecule has 0 aromatic carbocycles. The monoisotopic (exact) mass is 319 g/mol. The number of amides is 1. The van der Waals surface area contributed by atoms with Crippen LogP contribution in [0.25, 0.3) is 0 Å². The van der Waals surface area contributed by atoms with Crippen LogP contribution < -0.4 is 5.73 Å².